The number of benzene rings is 3. The monoisotopic (exact) mass is 723 g/mol. The molecule has 1 aliphatic heterocycles. The molecule has 3 aromatic heterocycles. The number of carboxylic acid groups (broad SMARTS) is 1. The zero-order valence-electron chi connectivity index (χ0n) is 30.2. The molecule has 0 bridgehead atoms. The zero-order valence-corrected chi connectivity index (χ0v) is 31.7. The Morgan fingerprint density at radius 2 is 1.75 bits per heavy atom. The van der Waals surface area contributed by atoms with Crippen LogP contribution in [-0.2, 0) is 20.0 Å². The number of rotatable bonds is 9. The summed E-state index contributed by atoms with van der Waals surface area (Å²) in [5, 5.41) is 18.1. The normalized spacial score (nSPS) is 14.6. The minimum Gasteiger partial charge on any atom is -0.494 e. The molecule has 0 radical (unpaired) electrons. The highest BCUT2D eigenvalue weighted by Crippen LogP contribution is 2.48. The first-order valence-electron chi connectivity index (χ1n) is 17.4. The van der Waals surface area contributed by atoms with Crippen molar-refractivity contribution in [1.82, 2.24) is 18.9 Å². The molecule has 0 unspecified atom stereocenters. The third-order valence-electron chi connectivity index (χ3n) is 10.5. The summed E-state index contributed by atoms with van der Waals surface area (Å²) in [6.45, 7) is 19.1. The number of halogens is 2. The number of carboxylic acids is 1. The lowest BCUT2D eigenvalue weighted by Gasteiger charge is -2.37. The molecule has 3 aromatic carbocycles. The molecule has 51 heavy (non-hydrogen) atoms. The molecule has 0 saturated heterocycles. The Kier molecular flexibility index (Phi) is 8.96. The van der Waals surface area contributed by atoms with Gasteiger partial charge in [0.15, 0.2) is 0 Å². The van der Waals surface area contributed by atoms with Crippen LogP contribution in [0.2, 0.25) is 10.0 Å². The van der Waals surface area contributed by atoms with E-state index in [-0.39, 0.29) is 11.6 Å². The number of anilines is 1. The number of aryl methyl sites for hydroxylation is 6. The van der Waals surface area contributed by atoms with Crippen molar-refractivity contribution in [3.63, 3.8) is 0 Å². The first kappa shape index (κ1) is 34.8. The molecule has 264 valence electrons. The second-order valence-electron chi connectivity index (χ2n) is 13.8. The molecule has 6 aromatic rings. The van der Waals surface area contributed by atoms with Crippen molar-refractivity contribution in [3.8, 4) is 16.9 Å². The summed E-state index contributed by atoms with van der Waals surface area (Å²) in [4.78, 5) is 14.2. The molecule has 7 rings (SSSR count). The Bertz CT molecular complexity index is 2370. The van der Waals surface area contributed by atoms with Gasteiger partial charge in [0.2, 0.25) is 0 Å². The average molecular weight is 725 g/mol. The second-order valence-corrected chi connectivity index (χ2v) is 14.5. The van der Waals surface area contributed by atoms with Gasteiger partial charge in [-0.15, -0.1) is 0 Å². The van der Waals surface area contributed by atoms with Crippen LogP contribution in [-0.4, -0.2) is 43.1 Å². The summed E-state index contributed by atoms with van der Waals surface area (Å²) in [6, 6.07) is 13.6. The van der Waals surface area contributed by atoms with E-state index in [9.17, 15) is 9.90 Å². The van der Waals surface area contributed by atoms with Crippen LogP contribution in [0.15, 0.2) is 55.2 Å². The fraction of sp³-hybridized carbons (Fsp3) is 0.317. The number of hydrogen-bond donors (Lipinski definition) is 1. The van der Waals surface area contributed by atoms with Gasteiger partial charge in [-0.2, -0.15) is 5.10 Å². The molecular formula is C41H43Cl2N5O3. The molecule has 0 fully saturated rings. The topological polar surface area (TPSA) is 77.5 Å². The van der Waals surface area contributed by atoms with Gasteiger partial charge in [-0.3, -0.25) is 4.68 Å². The van der Waals surface area contributed by atoms with E-state index in [1.165, 1.54) is 5.56 Å². The van der Waals surface area contributed by atoms with Gasteiger partial charge in [0, 0.05) is 65.0 Å². The summed E-state index contributed by atoms with van der Waals surface area (Å²) in [5.41, 5.74) is 12.4. The highest BCUT2D eigenvalue weighted by atomic mass is 35.5. The smallest absolute Gasteiger partial charge is 0.335 e. The number of carbonyl (C=O) groups is 1. The standard InChI is InChI=1S/C41H43Cl2N5O3/c1-9-46-21-35(32-13-12-28(41(49)50)19-34(32)46)47-20-24(4)48-39(27(47)7)30(11-10-16-51-29-17-22(2)38(43)23(3)18-29)31-14-15-33(42)37(40(31)48)36-25(5)44-45(8)26(36)6/h12-15,17-19,21,24H,7,9-11,16,20H2,1-6,8H3,(H,49,50)/t24-/m1/s1. The number of hydrogen-bond acceptors (Lipinski definition) is 4. The molecular weight excluding hydrogens is 681 g/mol. The van der Waals surface area contributed by atoms with Crippen molar-refractivity contribution in [2.24, 2.45) is 7.05 Å². The average Bonchev–Trinajstić information content (AvgIpc) is 3.71. The minimum atomic E-state index is -0.939. The Balaban J connectivity index is 1.37. The first-order chi connectivity index (χ1) is 24.3. The number of fused-ring (bicyclic) bond motifs is 4. The first-order valence-corrected chi connectivity index (χ1v) is 18.2. The number of aromatic carboxylic acids is 1. The molecule has 8 nitrogen and oxygen atoms in total. The predicted octanol–water partition coefficient (Wildman–Crippen LogP) is 10.3. The van der Waals surface area contributed by atoms with Crippen LogP contribution in [0, 0.1) is 27.7 Å². The Labute approximate surface area is 308 Å². The van der Waals surface area contributed by atoms with Crippen LogP contribution >= 0.6 is 23.2 Å². The van der Waals surface area contributed by atoms with Crippen molar-refractivity contribution >= 4 is 62.4 Å². The number of nitrogens with zero attached hydrogens (tertiary/aromatic N) is 5. The third-order valence-corrected chi connectivity index (χ3v) is 11.4. The van der Waals surface area contributed by atoms with Gasteiger partial charge < -0.3 is 23.9 Å². The molecule has 0 spiro atoms. The highest BCUT2D eigenvalue weighted by Gasteiger charge is 2.34. The summed E-state index contributed by atoms with van der Waals surface area (Å²) < 4.78 is 12.7. The van der Waals surface area contributed by atoms with Crippen molar-refractivity contribution in [1.29, 1.82) is 0 Å². The maximum Gasteiger partial charge on any atom is 0.335 e. The maximum absolute atomic E-state index is 11.9. The van der Waals surface area contributed by atoms with Crippen LogP contribution in [0.3, 0.4) is 0 Å². The summed E-state index contributed by atoms with van der Waals surface area (Å²) in [6.07, 6.45) is 3.67. The van der Waals surface area contributed by atoms with E-state index in [1.807, 2.05) is 56.8 Å². The number of aromatic nitrogens is 4. The quantitative estimate of drug-likeness (QED) is 0.150. The Morgan fingerprint density at radius 1 is 1.04 bits per heavy atom. The van der Waals surface area contributed by atoms with E-state index in [2.05, 4.69) is 47.1 Å². The molecule has 1 N–H and O–H groups in total. The highest BCUT2D eigenvalue weighted by molar-refractivity contribution is 6.35. The predicted molar refractivity (Wildman–Crippen MR) is 209 cm³/mol. The Morgan fingerprint density at radius 3 is 2.39 bits per heavy atom. The van der Waals surface area contributed by atoms with Crippen LogP contribution in [0.1, 0.15) is 70.4 Å². The van der Waals surface area contributed by atoms with Crippen LogP contribution < -0.4 is 9.64 Å². The van der Waals surface area contributed by atoms with Crippen LogP contribution in [0.5, 0.6) is 5.75 Å². The molecule has 1 aliphatic rings. The SMILES string of the molecule is C=C1c2c(CCCOc3cc(C)c(Cl)c(C)c3)c3ccc(Cl)c(-c4c(C)nn(C)c4C)c3n2[C@H](C)CN1c1cn(CC)c2cc(C(=O)O)ccc12. The lowest BCUT2D eigenvalue weighted by atomic mass is 9.98. The molecule has 0 saturated carbocycles. The lowest BCUT2D eigenvalue weighted by molar-refractivity contribution is 0.0697. The van der Waals surface area contributed by atoms with Gasteiger partial charge in [0.1, 0.15) is 5.75 Å². The van der Waals surface area contributed by atoms with Crippen molar-refractivity contribution in [2.75, 3.05) is 18.1 Å². The summed E-state index contributed by atoms with van der Waals surface area (Å²) in [5.74, 6) is -0.122. The van der Waals surface area contributed by atoms with E-state index in [0.29, 0.717) is 24.7 Å². The fourth-order valence-electron chi connectivity index (χ4n) is 7.96. The van der Waals surface area contributed by atoms with E-state index in [4.69, 9.17) is 39.6 Å². The van der Waals surface area contributed by atoms with Gasteiger partial charge in [-0.05, 0) is 107 Å². The minimum absolute atomic E-state index is 0.0471. The third kappa shape index (κ3) is 5.69. The van der Waals surface area contributed by atoms with Gasteiger partial charge >= 0.3 is 5.97 Å². The van der Waals surface area contributed by atoms with Gasteiger partial charge in [0.05, 0.1) is 51.0 Å². The lowest BCUT2D eigenvalue weighted by Crippen LogP contribution is -2.35. The van der Waals surface area contributed by atoms with Crippen molar-refractivity contribution in [2.45, 2.75) is 67.0 Å². The molecule has 4 heterocycles. The Hall–Kier alpha value is -4.66. The van der Waals surface area contributed by atoms with E-state index >= 15 is 0 Å². The molecule has 10 heteroatoms. The maximum atomic E-state index is 11.9. The van der Waals surface area contributed by atoms with Gasteiger partial charge in [0.25, 0.3) is 0 Å². The van der Waals surface area contributed by atoms with Gasteiger partial charge in [-0.1, -0.05) is 35.8 Å². The van der Waals surface area contributed by atoms with Gasteiger partial charge in [-0.25, -0.2) is 4.79 Å². The zero-order chi connectivity index (χ0) is 36.5. The van der Waals surface area contributed by atoms with E-state index in [0.717, 1.165) is 96.1 Å². The summed E-state index contributed by atoms with van der Waals surface area (Å²) in [7, 11) is 1.97. The van der Waals surface area contributed by atoms with Crippen LogP contribution in [0.4, 0.5) is 5.69 Å². The van der Waals surface area contributed by atoms with Crippen LogP contribution in [0.25, 0.3) is 38.6 Å². The summed E-state index contributed by atoms with van der Waals surface area (Å²) >= 11 is 13.6. The van der Waals surface area contributed by atoms with E-state index < -0.39 is 5.97 Å². The largest absolute Gasteiger partial charge is 0.494 e. The fourth-order valence-corrected chi connectivity index (χ4v) is 8.32. The van der Waals surface area contributed by atoms with E-state index in [1.54, 1.807) is 12.1 Å². The molecule has 1 atom stereocenters. The second kappa shape index (κ2) is 13.1. The van der Waals surface area contributed by atoms with Crippen molar-refractivity contribution in [3.05, 3.63) is 105 Å². The molecule has 0 aliphatic carbocycles. The molecule has 0 amide bonds. The van der Waals surface area contributed by atoms with Crippen molar-refractivity contribution < 1.29 is 14.6 Å². The number of ether oxygens (including phenoxy) is 1.